The molecule has 80 heavy (non-hydrogen) atoms. The van der Waals surface area contributed by atoms with Crippen molar-refractivity contribution in [1.82, 2.24) is 19.9 Å². The summed E-state index contributed by atoms with van der Waals surface area (Å²) in [5.74, 6) is 0.265. The van der Waals surface area contributed by atoms with Crippen molar-refractivity contribution in [1.29, 1.82) is 0 Å². The number of aliphatic hydroxyl groups is 1. The summed E-state index contributed by atoms with van der Waals surface area (Å²) in [4.78, 5) is 33.3. The summed E-state index contributed by atoms with van der Waals surface area (Å²) in [6.07, 6.45) is 1.95. The molecule has 0 unspecified atom stereocenters. The standard InChI is InChI=1S/C59H67Cl2FN4O12SSi/c1-10-23-73-34-43(32-67)76-53-51(60)36(2)48(37(3)52(53)61)49-50-56(64-35-65-57(50)79-54(49)38-15-17-40(62)18-16-38)77-47(58(68)69)31-39-30-42(78-80(8,9)59(4,5)6)19-20-45(39)75-33-41-21-22-63-55(66-41)44-13-11-12-14-46(44)74-29-28-72-27-26-71-25-24-70-7/h10-22,30,35,43,47,67H,1,23-29,31-34H2,2-9H3,(H,68,69)/t43-,47-/m0/s1. The van der Waals surface area contributed by atoms with Crippen LogP contribution in [0.15, 0.2) is 98.0 Å². The number of benzene rings is 4. The summed E-state index contributed by atoms with van der Waals surface area (Å²) in [6, 6.07) is 20.5. The fourth-order valence-electron chi connectivity index (χ4n) is 8.12. The lowest BCUT2D eigenvalue weighted by atomic mass is 9.92. The van der Waals surface area contributed by atoms with Crippen molar-refractivity contribution in [2.24, 2.45) is 0 Å². The van der Waals surface area contributed by atoms with Crippen LogP contribution in [0.3, 0.4) is 0 Å². The summed E-state index contributed by atoms with van der Waals surface area (Å²) in [5, 5.41) is 21.8. The van der Waals surface area contributed by atoms with Gasteiger partial charge in [0.05, 0.1) is 79.5 Å². The number of carboxylic acids is 1. The number of para-hydroxylation sites is 1. The van der Waals surface area contributed by atoms with E-state index >= 15 is 0 Å². The van der Waals surface area contributed by atoms with Crippen LogP contribution in [-0.2, 0) is 36.8 Å². The maximum absolute atomic E-state index is 14.5. The lowest BCUT2D eigenvalue weighted by Gasteiger charge is -2.36. The van der Waals surface area contributed by atoms with Crippen LogP contribution >= 0.6 is 34.5 Å². The minimum atomic E-state index is -2.40. The van der Waals surface area contributed by atoms with Gasteiger partial charge in [0, 0.05) is 35.7 Å². The number of aliphatic carboxylic acids is 1. The largest absolute Gasteiger partial charge is 0.543 e. The molecule has 0 aliphatic heterocycles. The van der Waals surface area contributed by atoms with Gasteiger partial charge < -0.3 is 52.5 Å². The minimum absolute atomic E-state index is 0.0127. The molecule has 0 amide bonds. The van der Waals surface area contributed by atoms with Crippen molar-refractivity contribution in [2.75, 3.05) is 66.6 Å². The molecule has 4 aromatic carbocycles. The molecule has 2 atom stereocenters. The van der Waals surface area contributed by atoms with Gasteiger partial charge in [0.25, 0.3) is 0 Å². The molecule has 3 heterocycles. The van der Waals surface area contributed by atoms with Crippen molar-refractivity contribution in [3.8, 4) is 61.8 Å². The number of methoxy groups -OCH3 is 1. The normalized spacial score (nSPS) is 12.6. The number of nitrogens with zero attached hydrogens (tertiary/aromatic N) is 4. The second kappa shape index (κ2) is 28.4. The van der Waals surface area contributed by atoms with Crippen molar-refractivity contribution in [3.63, 3.8) is 0 Å². The average Bonchev–Trinajstić information content (AvgIpc) is 4.07. The third-order valence-corrected chi connectivity index (χ3v) is 19.7. The summed E-state index contributed by atoms with van der Waals surface area (Å²) in [5.41, 5.74) is 4.46. The van der Waals surface area contributed by atoms with Crippen molar-refractivity contribution >= 4 is 59.0 Å². The number of aromatic nitrogens is 4. The molecule has 0 bridgehead atoms. The number of ether oxygens (including phenoxy) is 8. The third-order valence-electron chi connectivity index (χ3n) is 13.3. The summed E-state index contributed by atoms with van der Waals surface area (Å²) < 4.78 is 68.3. The van der Waals surface area contributed by atoms with E-state index in [1.54, 1.807) is 63.6 Å². The Hall–Kier alpha value is -6.26. The van der Waals surface area contributed by atoms with Gasteiger partial charge in [0.15, 0.2) is 11.6 Å². The van der Waals surface area contributed by atoms with E-state index in [0.29, 0.717) is 122 Å². The Morgan fingerprint density at radius 2 is 1.55 bits per heavy atom. The third kappa shape index (κ3) is 15.4. The molecule has 0 radical (unpaired) electrons. The number of rotatable bonds is 30. The van der Waals surface area contributed by atoms with Crippen LogP contribution in [-0.4, -0.2) is 123 Å². The van der Waals surface area contributed by atoms with Crippen LogP contribution < -0.4 is 23.4 Å². The number of hydrogen-bond donors (Lipinski definition) is 2. The number of carboxylic acid groups (broad SMARTS) is 1. The van der Waals surface area contributed by atoms with E-state index in [1.165, 1.54) is 29.8 Å². The quantitative estimate of drug-likeness (QED) is 0.0245. The van der Waals surface area contributed by atoms with E-state index in [9.17, 15) is 19.4 Å². The van der Waals surface area contributed by atoms with Crippen LogP contribution in [0.5, 0.6) is 28.9 Å². The highest BCUT2D eigenvalue weighted by Gasteiger charge is 2.39. The maximum atomic E-state index is 14.5. The molecule has 0 aliphatic carbocycles. The van der Waals surface area contributed by atoms with Gasteiger partial charge in [-0.1, -0.05) is 74.3 Å². The topological polar surface area (TPSA) is 192 Å². The highest BCUT2D eigenvalue weighted by atomic mass is 35.5. The molecule has 426 valence electrons. The van der Waals surface area contributed by atoms with Crippen molar-refractivity contribution in [2.45, 2.75) is 78.0 Å². The first-order valence-corrected chi connectivity index (χ1v) is 30.3. The Bertz CT molecular complexity index is 3210. The van der Waals surface area contributed by atoms with Gasteiger partial charge in [-0.3, -0.25) is 0 Å². The SMILES string of the molecule is C=CCOC[C@H](CO)Oc1c(Cl)c(C)c(-c2c(-c3ccc(F)cc3)sc3ncnc(O[C@@H](Cc4cc(O[Si](C)(C)C(C)(C)C)ccc4OCc4ccnc(-c5ccccc5OCCOCCOCCOC)n4)C(=O)O)c23)c(C)c1Cl. The zero-order chi connectivity index (χ0) is 57.6. The molecule has 3 aromatic heterocycles. The monoisotopic (exact) mass is 1170 g/mol. The van der Waals surface area contributed by atoms with E-state index in [0.717, 1.165) is 0 Å². The summed E-state index contributed by atoms with van der Waals surface area (Å²) in [6.45, 7) is 20.3. The van der Waals surface area contributed by atoms with Gasteiger partial charge >= 0.3 is 5.97 Å². The fourth-order valence-corrected chi connectivity index (χ4v) is 10.8. The molecule has 21 heteroatoms. The molecule has 0 saturated heterocycles. The minimum Gasteiger partial charge on any atom is -0.543 e. The molecule has 7 rings (SSSR count). The number of carbonyl (C=O) groups is 1. The van der Waals surface area contributed by atoms with E-state index in [1.807, 2.05) is 30.3 Å². The number of aliphatic hydroxyl groups excluding tert-OH is 1. The molecule has 0 fully saturated rings. The molecule has 2 N–H and O–H groups in total. The van der Waals surface area contributed by atoms with Gasteiger partial charge in [-0.15, -0.1) is 17.9 Å². The second-order valence-corrected chi connectivity index (χ2v) is 26.5. The molecule has 0 spiro atoms. The first-order chi connectivity index (χ1) is 38.3. The molecule has 16 nitrogen and oxygen atoms in total. The molecular formula is C59H67Cl2FN4O12SSi. The Labute approximate surface area is 480 Å². The average molecular weight is 1170 g/mol. The van der Waals surface area contributed by atoms with Gasteiger partial charge in [-0.05, 0) is 103 Å². The zero-order valence-corrected chi connectivity index (χ0v) is 49.4. The van der Waals surface area contributed by atoms with E-state index < -0.39 is 38.9 Å². The predicted octanol–water partition coefficient (Wildman–Crippen LogP) is 12.6. The van der Waals surface area contributed by atoms with Crippen LogP contribution in [0.4, 0.5) is 4.39 Å². The predicted molar refractivity (Wildman–Crippen MR) is 311 cm³/mol. The number of thiophene rings is 1. The Balaban J connectivity index is 1.23. The zero-order valence-electron chi connectivity index (χ0n) is 46.1. The molecular weight excluding hydrogens is 1110 g/mol. The van der Waals surface area contributed by atoms with Gasteiger partial charge in [0.2, 0.25) is 20.3 Å². The molecule has 7 aromatic rings. The van der Waals surface area contributed by atoms with Crippen LogP contribution in [0.2, 0.25) is 28.2 Å². The highest BCUT2D eigenvalue weighted by molar-refractivity contribution is 7.22. The first-order valence-electron chi connectivity index (χ1n) is 25.9. The van der Waals surface area contributed by atoms with Crippen molar-refractivity contribution in [3.05, 3.63) is 136 Å². The molecule has 0 aliphatic rings. The Morgan fingerprint density at radius 3 is 2.23 bits per heavy atom. The molecule has 0 saturated carbocycles. The maximum Gasteiger partial charge on any atom is 0.345 e. The summed E-state index contributed by atoms with van der Waals surface area (Å²) >= 11 is 15.6. The Kier molecular flexibility index (Phi) is 21.8. The van der Waals surface area contributed by atoms with E-state index in [2.05, 4.69) is 55.4 Å². The second-order valence-electron chi connectivity index (χ2n) is 20.0. The van der Waals surface area contributed by atoms with Gasteiger partial charge in [-0.2, -0.15) is 0 Å². The van der Waals surface area contributed by atoms with Crippen LogP contribution in [0.25, 0.3) is 43.2 Å². The van der Waals surface area contributed by atoms with E-state index in [-0.39, 0.29) is 53.0 Å². The van der Waals surface area contributed by atoms with Crippen molar-refractivity contribution < 1.29 is 61.7 Å². The van der Waals surface area contributed by atoms with Gasteiger partial charge in [-0.25, -0.2) is 29.1 Å². The van der Waals surface area contributed by atoms with Gasteiger partial charge in [0.1, 0.15) is 53.5 Å². The first kappa shape index (κ1) is 61.4. The smallest absolute Gasteiger partial charge is 0.345 e. The highest BCUT2D eigenvalue weighted by Crippen LogP contribution is 2.53. The summed E-state index contributed by atoms with van der Waals surface area (Å²) in [7, 11) is -0.773. The van der Waals surface area contributed by atoms with Crippen LogP contribution in [0, 0.1) is 19.7 Å². The van der Waals surface area contributed by atoms with E-state index in [4.69, 9.17) is 70.5 Å². The lowest BCUT2D eigenvalue weighted by molar-refractivity contribution is -0.145. The Morgan fingerprint density at radius 1 is 0.850 bits per heavy atom. The number of fused-ring (bicyclic) bond motifs is 1. The number of hydrogen-bond acceptors (Lipinski definition) is 16. The number of halogens is 3. The fraction of sp³-hybridized carbons (Fsp3) is 0.373. The lowest BCUT2D eigenvalue weighted by Crippen LogP contribution is -2.43. The van der Waals surface area contributed by atoms with Crippen LogP contribution in [0.1, 0.15) is 43.2 Å².